The molecular weight excluding hydrogens is 250 g/mol. The molecule has 0 saturated heterocycles. The normalized spacial score (nSPS) is 12.5. The third kappa shape index (κ3) is 4.36. The molecule has 1 amide bonds. The van der Waals surface area contributed by atoms with Crippen LogP contribution in [0.15, 0.2) is 12.3 Å². The molecule has 1 aromatic rings. The molecule has 1 aromatic heterocycles. The van der Waals surface area contributed by atoms with E-state index in [0.29, 0.717) is 12.3 Å². The van der Waals surface area contributed by atoms with E-state index in [0.717, 1.165) is 0 Å². The molecule has 0 radical (unpaired) electrons. The largest absolute Gasteiger partial charge is 0.391 e. The van der Waals surface area contributed by atoms with Crippen LogP contribution in [0, 0.1) is 16.0 Å². The maximum Gasteiger partial charge on any atom is 0.287 e. The Kier molecular flexibility index (Phi) is 5.05. The van der Waals surface area contributed by atoms with Gasteiger partial charge in [-0.1, -0.05) is 13.8 Å². The number of rotatable bonds is 6. The molecule has 0 spiro atoms. The summed E-state index contributed by atoms with van der Waals surface area (Å²) in [6, 6.07) is 1.21. The number of nitrogens with one attached hydrogen (secondary N) is 1. The van der Waals surface area contributed by atoms with Crippen LogP contribution in [0.1, 0.15) is 30.8 Å². The Balaban J connectivity index is 2.61. The van der Waals surface area contributed by atoms with E-state index in [2.05, 4.69) is 5.32 Å². The summed E-state index contributed by atoms with van der Waals surface area (Å²) in [7, 11) is 1.56. The molecule has 1 atom stereocenters. The van der Waals surface area contributed by atoms with Crippen LogP contribution in [-0.2, 0) is 7.05 Å². The zero-order chi connectivity index (χ0) is 14.6. The maximum absolute atomic E-state index is 11.8. The van der Waals surface area contributed by atoms with E-state index < -0.39 is 16.9 Å². The molecule has 0 aliphatic rings. The summed E-state index contributed by atoms with van der Waals surface area (Å²) in [5, 5.41) is 22.8. The Labute approximate surface area is 111 Å². The van der Waals surface area contributed by atoms with Crippen molar-refractivity contribution in [3.05, 3.63) is 28.1 Å². The summed E-state index contributed by atoms with van der Waals surface area (Å²) in [6.07, 6.45) is 1.26. The van der Waals surface area contributed by atoms with E-state index in [9.17, 15) is 20.0 Å². The maximum atomic E-state index is 11.8. The summed E-state index contributed by atoms with van der Waals surface area (Å²) >= 11 is 0. The molecule has 0 saturated carbocycles. The number of aliphatic hydroxyl groups excluding tert-OH is 1. The molecular formula is C12H19N3O4. The summed E-state index contributed by atoms with van der Waals surface area (Å²) in [4.78, 5) is 21.9. The molecule has 1 rings (SSSR count). The molecule has 1 heterocycles. The van der Waals surface area contributed by atoms with Gasteiger partial charge in [0.2, 0.25) is 0 Å². The molecule has 0 aliphatic carbocycles. The predicted octanol–water partition coefficient (Wildman–Crippen LogP) is 1.07. The monoisotopic (exact) mass is 269 g/mol. The van der Waals surface area contributed by atoms with E-state index in [4.69, 9.17) is 0 Å². The van der Waals surface area contributed by atoms with Crippen molar-refractivity contribution in [2.45, 2.75) is 26.4 Å². The number of hydrogen-bond donors (Lipinski definition) is 2. The van der Waals surface area contributed by atoms with Crippen molar-refractivity contribution in [1.82, 2.24) is 9.88 Å². The first-order valence-electron chi connectivity index (χ1n) is 6.08. The van der Waals surface area contributed by atoms with Crippen LogP contribution in [0.4, 0.5) is 5.69 Å². The van der Waals surface area contributed by atoms with Gasteiger partial charge in [0.25, 0.3) is 11.6 Å². The highest BCUT2D eigenvalue weighted by atomic mass is 16.6. The van der Waals surface area contributed by atoms with Crippen LogP contribution in [0.25, 0.3) is 0 Å². The van der Waals surface area contributed by atoms with Crippen LogP contribution in [-0.4, -0.2) is 33.2 Å². The second-order valence-electron chi connectivity index (χ2n) is 4.94. The van der Waals surface area contributed by atoms with Crippen LogP contribution < -0.4 is 5.32 Å². The number of aryl methyl sites for hydroxylation is 1. The number of nitrogens with zero attached hydrogens (tertiary/aromatic N) is 2. The van der Waals surface area contributed by atoms with Gasteiger partial charge in [0.15, 0.2) is 0 Å². The van der Waals surface area contributed by atoms with Crippen molar-refractivity contribution in [3.63, 3.8) is 0 Å². The lowest BCUT2D eigenvalue weighted by Crippen LogP contribution is -2.33. The molecule has 0 bridgehead atoms. The van der Waals surface area contributed by atoms with E-state index in [-0.39, 0.29) is 17.9 Å². The summed E-state index contributed by atoms with van der Waals surface area (Å²) in [5.41, 5.74) is 0.0684. The molecule has 7 nitrogen and oxygen atoms in total. The van der Waals surface area contributed by atoms with Gasteiger partial charge in [-0.05, 0) is 12.3 Å². The number of nitro groups is 1. The number of amides is 1. The molecule has 0 fully saturated rings. The first-order chi connectivity index (χ1) is 8.81. The van der Waals surface area contributed by atoms with Crippen LogP contribution in [0.5, 0.6) is 0 Å². The van der Waals surface area contributed by atoms with E-state index in [1.54, 1.807) is 7.05 Å². The first kappa shape index (κ1) is 15.2. The molecule has 106 valence electrons. The number of hydrogen-bond acceptors (Lipinski definition) is 4. The lowest BCUT2D eigenvalue weighted by atomic mass is 10.1. The van der Waals surface area contributed by atoms with Gasteiger partial charge in [-0.25, -0.2) is 0 Å². The molecule has 0 aliphatic heterocycles. The van der Waals surface area contributed by atoms with Crippen LogP contribution in [0.3, 0.4) is 0 Å². The fraction of sp³-hybridized carbons (Fsp3) is 0.583. The van der Waals surface area contributed by atoms with Gasteiger partial charge in [-0.15, -0.1) is 0 Å². The number of carbonyl (C=O) groups is 1. The van der Waals surface area contributed by atoms with E-state index in [1.807, 2.05) is 13.8 Å². The third-order valence-corrected chi connectivity index (χ3v) is 2.68. The summed E-state index contributed by atoms with van der Waals surface area (Å²) in [6.45, 7) is 4.09. The molecule has 0 aromatic carbocycles. The molecule has 7 heteroatoms. The van der Waals surface area contributed by atoms with Gasteiger partial charge in [0, 0.05) is 19.7 Å². The molecule has 19 heavy (non-hydrogen) atoms. The molecule has 2 N–H and O–H groups in total. The lowest BCUT2D eigenvalue weighted by molar-refractivity contribution is -0.384. The fourth-order valence-corrected chi connectivity index (χ4v) is 1.80. The number of aliphatic hydroxyl groups is 1. The molecule has 1 unspecified atom stereocenters. The minimum atomic E-state index is -0.612. The highest BCUT2D eigenvalue weighted by Crippen LogP contribution is 2.15. The zero-order valence-electron chi connectivity index (χ0n) is 11.3. The minimum absolute atomic E-state index is 0.129. The van der Waals surface area contributed by atoms with Crippen molar-refractivity contribution in [2.24, 2.45) is 13.0 Å². The quantitative estimate of drug-likeness (QED) is 0.596. The Morgan fingerprint density at radius 3 is 2.68 bits per heavy atom. The Morgan fingerprint density at radius 2 is 2.21 bits per heavy atom. The first-order valence-corrected chi connectivity index (χ1v) is 6.08. The van der Waals surface area contributed by atoms with Crippen molar-refractivity contribution >= 4 is 11.6 Å². The van der Waals surface area contributed by atoms with Crippen LogP contribution in [0.2, 0.25) is 0 Å². The predicted molar refractivity (Wildman–Crippen MR) is 69.9 cm³/mol. The van der Waals surface area contributed by atoms with Gasteiger partial charge in [-0.3, -0.25) is 14.9 Å². The Hall–Kier alpha value is -1.89. The fourth-order valence-electron chi connectivity index (χ4n) is 1.80. The zero-order valence-corrected chi connectivity index (χ0v) is 11.3. The standard InChI is InChI=1S/C12H19N3O4/c1-8(2)4-10(16)6-13-12(17)11-5-9(15(18)19)7-14(11)3/h5,7-8,10,16H,4,6H2,1-3H3,(H,13,17). The van der Waals surface area contributed by atoms with Crippen LogP contribution >= 0.6 is 0 Å². The number of aromatic nitrogens is 1. The van der Waals surface area contributed by atoms with Gasteiger partial charge in [0.05, 0.1) is 17.2 Å². The average Bonchev–Trinajstić information content (AvgIpc) is 2.67. The van der Waals surface area contributed by atoms with Crippen molar-refractivity contribution < 1.29 is 14.8 Å². The van der Waals surface area contributed by atoms with Crippen molar-refractivity contribution in [3.8, 4) is 0 Å². The van der Waals surface area contributed by atoms with Gasteiger partial charge in [-0.2, -0.15) is 0 Å². The second kappa shape index (κ2) is 6.33. The summed E-state index contributed by atoms with van der Waals surface area (Å²) < 4.78 is 1.39. The van der Waals surface area contributed by atoms with E-state index >= 15 is 0 Å². The van der Waals surface area contributed by atoms with Gasteiger partial charge >= 0.3 is 0 Å². The van der Waals surface area contributed by atoms with Gasteiger partial charge < -0.3 is 15.0 Å². The highest BCUT2D eigenvalue weighted by molar-refractivity contribution is 5.93. The van der Waals surface area contributed by atoms with Crippen molar-refractivity contribution in [1.29, 1.82) is 0 Å². The van der Waals surface area contributed by atoms with Gasteiger partial charge in [0.1, 0.15) is 5.69 Å². The van der Waals surface area contributed by atoms with E-state index in [1.165, 1.54) is 16.8 Å². The lowest BCUT2D eigenvalue weighted by Gasteiger charge is -2.13. The Bertz CT molecular complexity index is 468. The SMILES string of the molecule is CC(C)CC(O)CNC(=O)c1cc([N+](=O)[O-])cn1C. The highest BCUT2D eigenvalue weighted by Gasteiger charge is 2.18. The summed E-state index contributed by atoms with van der Waals surface area (Å²) in [5.74, 6) is -0.0959. The Morgan fingerprint density at radius 1 is 1.58 bits per heavy atom. The smallest absolute Gasteiger partial charge is 0.287 e. The number of carbonyl (C=O) groups excluding carboxylic acids is 1. The second-order valence-corrected chi connectivity index (χ2v) is 4.94. The average molecular weight is 269 g/mol. The van der Waals surface area contributed by atoms with Crippen molar-refractivity contribution in [2.75, 3.05) is 6.54 Å². The topological polar surface area (TPSA) is 97.4 Å². The third-order valence-electron chi connectivity index (χ3n) is 2.68. The minimum Gasteiger partial charge on any atom is -0.391 e.